The van der Waals surface area contributed by atoms with Crippen molar-refractivity contribution in [3.8, 4) is 0 Å². The molecule has 2 aromatic carbocycles. The number of hydrogen-bond donors (Lipinski definition) is 3. The summed E-state index contributed by atoms with van der Waals surface area (Å²) < 4.78 is 11.9. The lowest BCUT2D eigenvalue weighted by molar-refractivity contribution is 0.0600. The number of amides is 3. The summed E-state index contributed by atoms with van der Waals surface area (Å²) in [6.45, 7) is 9.43. The molecule has 16 heteroatoms. The first kappa shape index (κ1) is 34.5. The maximum Gasteiger partial charge on any atom is 0.337 e. The van der Waals surface area contributed by atoms with E-state index in [0.717, 1.165) is 22.4 Å². The Morgan fingerprint density at radius 2 is 1.16 bits per heavy atom. The van der Waals surface area contributed by atoms with Gasteiger partial charge in [-0.2, -0.15) is 10.2 Å². The molecule has 0 spiro atoms. The molecule has 0 radical (unpaired) electrons. The molecule has 4 N–H and O–H groups in total. The van der Waals surface area contributed by atoms with Gasteiger partial charge in [-0.15, -0.1) is 0 Å². The number of imidazole rings is 2. The minimum absolute atomic E-state index is 0.304. The Balaban J connectivity index is 1.27. The molecule has 16 nitrogen and oxygen atoms in total. The summed E-state index contributed by atoms with van der Waals surface area (Å²) in [4.78, 5) is 60.3. The number of hydrogen-bond acceptors (Lipinski definition) is 9. The fraction of sp³-hybridized carbons (Fsp3) is 0.314. The van der Waals surface area contributed by atoms with Crippen LogP contribution in [0.25, 0.3) is 22.1 Å². The van der Waals surface area contributed by atoms with E-state index in [2.05, 4.69) is 30.8 Å². The summed E-state index contributed by atoms with van der Waals surface area (Å²) in [5.74, 6) is -1.16. The normalized spacial score (nSPS) is 11.3. The maximum atomic E-state index is 13.4. The van der Waals surface area contributed by atoms with E-state index in [0.29, 0.717) is 84.5 Å². The predicted molar refractivity (Wildman–Crippen MR) is 190 cm³/mol. The second-order valence-corrected chi connectivity index (χ2v) is 12.0. The number of methoxy groups -OCH3 is 1. The van der Waals surface area contributed by atoms with Crippen LogP contribution in [0.4, 0.5) is 11.9 Å². The number of ether oxygens (including phenoxy) is 1. The first-order valence-electron chi connectivity index (χ1n) is 16.6. The molecule has 4 heterocycles. The number of unbranched alkanes of at least 4 members (excludes halogenated alkanes) is 1. The zero-order chi connectivity index (χ0) is 36.4. The van der Waals surface area contributed by atoms with E-state index < -0.39 is 11.9 Å². The molecule has 4 aromatic heterocycles. The van der Waals surface area contributed by atoms with Gasteiger partial charge < -0.3 is 19.6 Å². The first-order chi connectivity index (χ1) is 24.5. The molecule has 0 saturated heterocycles. The number of primary amides is 1. The first-order valence-corrected chi connectivity index (χ1v) is 16.6. The van der Waals surface area contributed by atoms with Crippen LogP contribution < -0.4 is 16.4 Å². The highest BCUT2D eigenvalue weighted by atomic mass is 16.5. The van der Waals surface area contributed by atoms with Crippen LogP contribution in [0.5, 0.6) is 0 Å². The molecule has 0 unspecified atom stereocenters. The van der Waals surface area contributed by atoms with Crippen molar-refractivity contribution in [2.45, 2.75) is 66.7 Å². The van der Waals surface area contributed by atoms with Crippen LogP contribution >= 0.6 is 0 Å². The summed E-state index contributed by atoms with van der Waals surface area (Å²) in [7, 11) is 1.31. The Labute approximate surface area is 292 Å². The van der Waals surface area contributed by atoms with Crippen molar-refractivity contribution < 1.29 is 23.9 Å². The van der Waals surface area contributed by atoms with E-state index in [1.165, 1.54) is 7.11 Å². The number of benzene rings is 2. The van der Waals surface area contributed by atoms with Gasteiger partial charge in [0.2, 0.25) is 17.8 Å². The van der Waals surface area contributed by atoms with Gasteiger partial charge in [0.25, 0.3) is 11.8 Å². The fourth-order valence-electron chi connectivity index (χ4n) is 6.11. The molecule has 0 aliphatic heterocycles. The number of carbonyl (C=O) groups excluding carboxylic acids is 4. The van der Waals surface area contributed by atoms with E-state index in [4.69, 9.17) is 10.5 Å². The maximum absolute atomic E-state index is 13.4. The number of nitrogens with zero attached hydrogens (tertiary/aromatic N) is 8. The number of nitrogens with two attached hydrogens (primary N) is 1. The summed E-state index contributed by atoms with van der Waals surface area (Å²) in [5, 5.41) is 14.6. The van der Waals surface area contributed by atoms with Gasteiger partial charge in [0, 0.05) is 31.7 Å². The minimum Gasteiger partial charge on any atom is -0.465 e. The van der Waals surface area contributed by atoms with Crippen LogP contribution in [0, 0.1) is 13.8 Å². The molecule has 0 atom stereocenters. The fourth-order valence-corrected chi connectivity index (χ4v) is 6.11. The quantitative estimate of drug-likeness (QED) is 0.117. The lowest BCUT2D eigenvalue weighted by atomic mass is 10.2. The minimum atomic E-state index is -0.581. The lowest BCUT2D eigenvalue weighted by Crippen LogP contribution is -2.20. The second-order valence-electron chi connectivity index (χ2n) is 12.0. The summed E-state index contributed by atoms with van der Waals surface area (Å²) in [6.07, 6.45) is 1.26. The van der Waals surface area contributed by atoms with Crippen molar-refractivity contribution >= 4 is 57.7 Å². The molecule has 0 bridgehead atoms. The van der Waals surface area contributed by atoms with Gasteiger partial charge >= 0.3 is 5.97 Å². The standard InChI is InChI=1S/C35H39N11O5/c1-6-45-28(16-20(3)41-45)31(48)39-34-37-24-18-22(30(36)47)10-12-26(24)43(34)14-8-9-15-44-27-13-11-23(33(50)51-5)19-25(27)38-35(44)40-32(49)29-17-21(4)42-46(29)7-2/h10-13,16-19H,6-9,14-15H2,1-5H3,(H2,36,47)(H,37,39,48)(H,38,40,49). The van der Waals surface area contributed by atoms with E-state index in [1.54, 1.807) is 57.9 Å². The third-order valence-electron chi connectivity index (χ3n) is 8.53. The van der Waals surface area contributed by atoms with E-state index in [9.17, 15) is 19.2 Å². The number of aromatic nitrogens is 8. The highest BCUT2D eigenvalue weighted by Crippen LogP contribution is 2.26. The summed E-state index contributed by atoms with van der Waals surface area (Å²) in [5.41, 5.74) is 10.9. The van der Waals surface area contributed by atoms with Crippen LogP contribution in [-0.4, -0.2) is 69.5 Å². The highest BCUT2D eigenvalue weighted by molar-refractivity contribution is 6.04. The van der Waals surface area contributed by atoms with Gasteiger partial charge in [-0.25, -0.2) is 14.8 Å². The molecular weight excluding hydrogens is 654 g/mol. The second kappa shape index (κ2) is 14.3. The number of nitrogens with one attached hydrogen (secondary N) is 2. The van der Waals surface area contributed by atoms with Crippen molar-refractivity contribution in [2.24, 2.45) is 5.73 Å². The molecule has 0 saturated carbocycles. The van der Waals surface area contributed by atoms with Crippen molar-refractivity contribution in [3.63, 3.8) is 0 Å². The zero-order valence-electron chi connectivity index (χ0n) is 29.1. The molecule has 264 valence electrons. The molecule has 0 aliphatic rings. The molecule has 0 fully saturated rings. The Bertz CT molecular complexity index is 2310. The SMILES string of the molecule is CCn1nc(C)cc1C(=O)Nc1nc2cc(C(N)=O)ccc2n1CCCCn1c(NC(=O)c2cc(C)nn2CC)nc2cc(C(=O)OC)ccc21. The van der Waals surface area contributed by atoms with Crippen LogP contribution in [0.3, 0.4) is 0 Å². The number of aryl methyl sites for hydroxylation is 6. The number of carbonyl (C=O) groups is 4. The molecule has 51 heavy (non-hydrogen) atoms. The van der Waals surface area contributed by atoms with E-state index in [1.807, 2.05) is 36.8 Å². The summed E-state index contributed by atoms with van der Waals surface area (Å²) >= 11 is 0. The molecular formula is C35H39N11O5. The molecule has 6 aromatic rings. The highest BCUT2D eigenvalue weighted by Gasteiger charge is 2.21. The van der Waals surface area contributed by atoms with Crippen LogP contribution in [0.2, 0.25) is 0 Å². The zero-order valence-corrected chi connectivity index (χ0v) is 29.1. The Morgan fingerprint density at radius 1 is 0.706 bits per heavy atom. The monoisotopic (exact) mass is 693 g/mol. The van der Waals surface area contributed by atoms with Gasteiger partial charge in [0.1, 0.15) is 11.4 Å². The summed E-state index contributed by atoms with van der Waals surface area (Å²) in [6, 6.07) is 13.5. The van der Waals surface area contributed by atoms with Crippen molar-refractivity contribution in [2.75, 3.05) is 17.7 Å². The van der Waals surface area contributed by atoms with Crippen molar-refractivity contribution in [1.29, 1.82) is 0 Å². The van der Waals surface area contributed by atoms with Gasteiger partial charge in [0.15, 0.2) is 0 Å². The van der Waals surface area contributed by atoms with Gasteiger partial charge in [-0.05, 0) is 89.1 Å². The Morgan fingerprint density at radius 3 is 1.59 bits per heavy atom. The van der Waals surface area contributed by atoms with Gasteiger partial charge in [0.05, 0.1) is 46.1 Å². The Kier molecular flexibility index (Phi) is 9.66. The number of rotatable bonds is 13. The Hall–Kier alpha value is -6.32. The number of anilines is 2. The van der Waals surface area contributed by atoms with E-state index >= 15 is 0 Å². The third kappa shape index (κ3) is 6.92. The van der Waals surface area contributed by atoms with Crippen LogP contribution in [-0.2, 0) is 30.9 Å². The lowest BCUT2D eigenvalue weighted by Gasteiger charge is -2.13. The van der Waals surface area contributed by atoms with Gasteiger partial charge in [-0.1, -0.05) is 0 Å². The molecule has 0 aliphatic carbocycles. The van der Waals surface area contributed by atoms with Crippen LogP contribution in [0.15, 0.2) is 48.5 Å². The third-order valence-corrected chi connectivity index (χ3v) is 8.53. The van der Waals surface area contributed by atoms with Gasteiger partial charge in [-0.3, -0.25) is 34.4 Å². The largest absolute Gasteiger partial charge is 0.465 e. The average molecular weight is 694 g/mol. The van der Waals surface area contributed by atoms with Crippen LogP contribution in [0.1, 0.15) is 79.8 Å². The predicted octanol–water partition coefficient (Wildman–Crippen LogP) is 4.31. The molecule has 6 rings (SSSR count). The number of esters is 1. The topological polar surface area (TPSA) is 199 Å². The molecule has 3 amide bonds. The number of fused-ring (bicyclic) bond motifs is 2. The smallest absolute Gasteiger partial charge is 0.337 e. The average Bonchev–Trinajstić information content (AvgIpc) is 3.87. The van der Waals surface area contributed by atoms with Crippen molar-refractivity contribution in [1.82, 2.24) is 38.7 Å². The van der Waals surface area contributed by atoms with E-state index in [-0.39, 0.29) is 11.8 Å². The van der Waals surface area contributed by atoms with Crippen molar-refractivity contribution in [3.05, 3.63) is 82.4 Å².